The smallest absolute Gasteiger partial charge is 0.223 e. The third kappa shape index (κ3) is 2.87. The highest BCUT2D eigenvalue weighted by Crippen LogP contribution is 2.44. The van der Waals surface area contributed by atoms with Crippen molar-refractivity contribution in [2.75, 3.05) is 5.32 Å². The summed E-state index contributed by atoms with van der Waals surface area (Å²) in [5.41, 5.74) is 10.5. The van der Waals surface area contributed by atoms with Crippen molar-refractivity contribution in [3.05, 3.63) is 36.2 Å². The van der Waals surface area contributed by atoms with E-state index in [9.17, 15) is 0 Å². The predicted molar refractivity (Wildman–Crippen MR) is 112 cm³/mol. The van der Waals surface area contributed by atoms with Crippen LogP contribution in [-0.4, -0.2) is 31.8 Å². The number of benzene rings is 1. The van der Waals surface area contributed by atoms with Crippen molar-refractivity contribution >= 4 is 16.9 Å². The molecule has 0 amide bonds. The van der Waals surface area contributed by atoms with E-state index in [-0.39, 0.29) is 0 Å². The van der Waals surface area contributed by atoms with Crippen molar-refractivity contribution in [1.29, 1.82) is 0 Å². The van der Waals surface area contributed by atoms with E-state index in [1.165, 1.54) is 17.5 Å². The SMILES string of the molecule is CC(C)c1c2cc(-c3ccnc(N[C@H]4C[C@H]5C[C@H]4C[C@H]5N)n3)ccc2nn1C. The fourth-order valence-corrected chi connectivity index (χ4v) is 5.31. The van der Waals surface area contributed by atoms with Crippen LogP contribution < -0.4 is 11.1 Å². The quantitative estimate of drug-likeness (QED) is 0.726. The molecule has 0 spiro atoms. The number of fused-ring (bicyclic) bond motifs is 3. The fourth-order valence-electron chi connectivity index (χ4n) is 5.31. The minimum Gasteiger partial charge on any atom is -0.351 e. The van der Waals surface area contributed by atoms with Gasteiger partial charge in [-0.25, -0.2) is 9.97 Å². The Labute approximate surface area is 165 Å². The number of aromatic nitrogens is 4. The Hall–Kier alpha value is -2.47. The topological polar surface area (TPSA) is 81.7 Å². The highest BCUT2D eigenvalue weighted by molar-refractivity contribution is 5.86. The van der Waals surface area contributed by atoms with Gasteiger partial charge in [-0.15, -0.1) is 0 Å². The van der Waals surface area contributed by atoms with E-state index in [4.69, 9.17) is 10.7 Å². The Morgan fingerprint density at radius 2 is 2.00 bits per heavy atom. The number of nitrogens with one attached hydrogen (secondary N) is 1. The summed E-state index contributed by atoms with van der Waals surface area (Å²) < 4.78 is 1.99. The standard InChI is InChI=1S/C22H28N6/c1-12(2)21-16-9-13(4-5-19(16)27-28(21)3)18-6-7-24-22(25-18)26-20-11-14-8-15(20)10-17(14)23/h4-7,9,12,14-15,17,20H,8,10-11,23H2,1-3H3,(H,24,25,26)/t14-,15+,17-,20+/m1/s1. The molecule has 2 fully saturated rings. The predicted octanol–water partition coefficient (Wildman–Crippen LogP) is 3.69. The highest BCUT2D eigenvalue weighted by Gasteiger charge is 2.44. The molecule has 0 saturated heterocycles. The fraction of sp³-hybridized carbons (Fsp3) is 0.500. The maximum atomic E-state index is 6.19. The highest BCUT2D eigenvalue weighted by atomic mass is 15.3. The van der Waals surface area contributed by atoms with Crippen LogP contribution in [0.25, 0.3) is 22.2 Å². The zero-order chi connectivity index (χ0) is 19.4. The van der Waals surface area contributed by atoms with Crippen LogP contribution in [0.3, 0.4) is 0 Å². The van der Waals surface area contributed by atoms with E-state index in [0.717, 1.165) is 35.6 Å². The van der Waals surface area contributed by atoms with Crippen LogP contribution in [0, 0.1) is 11.8 Å². The Bertz CT molecular complexity index is 1020. The monoisotopic (exact) mass is 376 g/mol. The molecule has 2 aromatic heterocycles. The van der Waals surface area contributed by atoms with Crippen molar-refractivity contribution in [3.63, 3.8) is 0 Å². The molecule has 2 heterocycles. The molecular weight excluding hydrogens is 348 g/mol. The third-order valence-electron chi connectivity index (χ3n) is 6.60. The van der Waals surface area contributed by atoms with Crippen LogP contribution in [0.5, 0.6) is 0 Å². The lowest BCUT2D eigenvalue weighted by Crippen LogP contribution is -2.35. The van der Waals surface area contributed by atoms with Gasteiger partial charge < -0.3 is 11.1 Å². The largest absolute Gasteiger partial charge is 0.351 e. The molecule has 4 atom stereocenters. The molecular formula is C22H28N6. The lowest BCUT2D eigenvalue weighted by molar-refractivity contribution is 0.389. The van der Waals surface area contributed by atoms with E-state index >= 15 is 0 Å². The van der Waals surface area contributed by atoms with Crippen molar-refractivity contribution in [3.8, 4) is 11.3 Å². The number of hydrogen-bond donors (Lipinski definition) is 2. The van der Waals surface area contributed by atoms with Gasteiger partial charge in [0, 0.05) is 42.0 Å². The molecule has 146 valence electrons. The molecule has 0 radical (unpaired) electrons. The van der Waals surface area contributed by atoms with Gasteiger partial charge in [0.25, 0.3) is 0 Å². The summed E-state index contributed by atoms with van der Waals surface area (Å²) in [6, 6.07) is 9.21. The van der Waals surface area contributed by atoms with E-state index in [0.29, 0.717) is 29.8 Å². The van der Waals surface area contributed by atoms with Crippen LogP contribution in [0.1, 0.15) is 44.7 Å². The van der Waals surface area contributed by atoms with Gasteiger partial charge in [-0.1, -0.05) is 19.9 Å². The van der Waals surface area contributed by atoms with E-state index in [1.807, 2.05) is 24.0 Å². The number of aryl methyl sites for hydroxylation is 1. The summed E-state index contributed by atoms with van der Waals surface area (Å²) in [6.45, 7) is 4.41. The Morgan fingerprint density at radius 3 is 2.71 bits per heavy atom. The third-order valence-corrected chi connectivity index (χ3v) is 6.60. The molecule has 2 bridgehead atoms. The molecule has 0 unspecified atom stereocenters. The molecule has 3 N–H and O–H groups in total. The van der Waals surface area contributed by atoms with Crippen LogP contribution in [-0.2, 0) is 7.05 Å². The molecule has 3 aromatic rings. The minimum atomic E-state index is 0.386. The molecule has 2 aliphatic rings. The maximum absolute atomic E-state index is 6.19. The number of anilines is 1. The average Bonchev–Trinajstić information content (AvgIpc) is 3.32. The van der Waals surface area contributed by atoms with Gasteiger partial charge in [-0.2, -0.15) is 5.10 Å². The molecule has 1 aromatic carbocycles. The average molecular weight is 377 g/mol. The Morgan fingerprint density at radius 1 is 1.14 bits per heavy atom. The van der Waals surface area contributed by atoms with Crippen LogP contribution in [0.15, 0.2) is 30.5 Å². The van der Waals surface area contributed by atoms with Gasteiger partial charge in [0.1, 0.15) is 0 Å². The van der Waals surface area contributed by atoms with Gasteiger partial charge in [0.15, 0.2) is 0 Å². The van der Waals surface area contributed by atoms with Crippen LogP contribution >= 0.6 is 0 Å². The van der Waals surface area contributed by atoms with Gasteiger partial charge in [0.05, 0.1) is 11.2 Å². The zero-order valence-corrected chi connectivity index (χ0v) is 16.8. The number of rotatable bonds is 4. The molecule has 5 rings (SSSR count). The van der Waals surface area contributed by atoms with Crippen LogP contribution in [0.2, 0.25) is 0 Å². The molecule has 0 aliphatic heterocycles. The maximum Gasteiger partial charge on any atom is 0.223 e. The normalized spacial score (nSPS) is 26.5. The van der Waals surface area contributed by atoms with Gasteiger partial charge in [-0.3, -0.25) is 4.68 Å². The first-order chi connectivity index (χ1) is 13.5. The summed E-state index contributed by atoms with van der Waals surface area (Å²) >= 11 is 0. The van der Waals surface area contributed by atoms with Gasteiger partial charge >= 0.3 is 0 Å². The summed E-state index contributed by atoms with van der Waals surface area (Å²) in [7, 11) is 2.02. The second kappa shape index (κ2) is 6.55. The Balaban J connectivity index is 1.44. The van der Waals surface area contributed by atoms with Gasteiger partial charge in [0.2, 0.25) is 5.95 Å². The van der Waals surface area contributed by atoms with Crippen molar-refractivity contribution in [2.45, 2.75) is 51.1 Å². The molecule has 28 heavy (non-hydrogen) atoms. The molecule has 2 saturated carbocycles. The lowest BCUT2D eigenvalue weighted by atomic mass is 9.92. The van der Waals surface area contributed by atoms with E-state index in [2.05, 4.69) is 47.4 Å². The molecule has 6 heteroatoms. The first-order valence-electron chi connectivity index (χ1n) is 10.3. The summed E-state index contributed by atoms with van der Waals surface area (Å²) in [6.07, 6.45) is 5.35. The Kier molecular flexibility index (Phi) is 4.12. The summed E-state index contributed by atoms with van der Waals surface area (Å²) in [5, 5.41) is 9.42. The second-order valence-electron chi connectivity index (χ2n) is 8.80. The number of nitrogens with two attached hydrogens (primary N) is 1. The number of hydrogen-bond acceptors (Lipinski definition) is 5. The van der Waals surface area contributed by atoms with Crippen molar-refractivity contribution < 1.29 is 0 Å². The molecule has 6 nitrogen and oxygen atoms in total. The van der Waals surface area contributed by atoms with Crippen molar-refractivity contribution in [1.82, 2.24) is 19.7 Å². The van der Waals surface area contributed by atoms with E-state index in [1.54, 1.807) is 0 Å². The summed E-state index contributed by atoms with van der Waals surface area (Å²) in [4.78, 5) is 9.29. The summed E-state index contributed by atoms with van der Waals surface area (Å²) in [5.74, 6) is 2.46. The minimum absolute atomic E-state index is 0.386. The zero-order valence-electron chi connectivity index (χ0n) is 16.8. The van der Waals surface area contributed by atoms with Crippen molar-refractivity contribution in [2.24, 2.45) is 24.6 Å². The number of nitrogens with zero attached hydrogens (tertiary/aromatic N) is 4. The van der Waals surface area contributed by atoms with E-state index < -0.39 is 0 Å². The first-order valence-corrected chi connectivity index (χ1v) is 10.3. The molecule has 2 aliphatic carbocycles. The van der Waals surface area contributed by atoms with Gasteiger partial charge in [-0.05, 0) is 55.2 Å². The first kappa shape index (κ1) is 17.6. The van der Waals surface area contributed by atoms with Crippen LogP contribution in [0.4, 0.5) is 5.95 Å². The lowest BCUT2D eigenvalue weighted by Gasteiger charge is -2.26. The second-order valence-corrected chi connectivity index (χ2v) is 8.80.